The summed E-state index contributed by atoms with van der Waals surface area (Å²) in [5, 5.41) is 21.8. The number of amides is 1. The highest BCUT2D eigenvalue weighted by molar-refractivity contribution is 5.99. The van der Waals surface area contributed by atoms with Crippen LogP contribution in [0.3, 0.4) is 0 Å². The molecule has 0 fully saturated rings. The first-order chi connectivity index (χ1) is 7.82. The van der Waals surface area contributed by atoms with Crippen molar-refractivity contribution in [2.75, 3.05) is 11.1 Å². The van der Waals surface area contributed by atoms with E-state index in [1.165, 1.54) is 6.92 Å². The minimum absolute atomic E-state index is 0.0954. The number of carbonyl (C=O) groups is 2. The number of nitrogen functional groups attached to an aromatic ring is 1. The Labute approximate surface area is 95.2 Å². The van der Waals surface area contributed by atoms with E-state index in [4.69, 9.17) is 10.8 Å². The Kier molecular flexibility index (Phi) is 3.27. The molecule has 0 bridgehead atoms. The van der Waals surface area contributed by atoms with Gasteiger partial charge in [0.05, 0.1) is 4.92 Å². The molecule has 0 unspecified atom stereocenters. The molecule has 0 aliphatic carbocycles. The number of hydrogen-bond donors (Lipinski definition) is 3. The van der Waals surface area contributed by atoms with Crippen molar-refractivity contribution in [3.05, 3.63) is 27.8 Å². The summed E-state index contributed by atoms with van der Waals surface area (Å²) < 4.78 is 0. The topological polar surface area (TPSA) is 136 Å². The van der Waals surface area contributed by atoms with Gasteiger partial charge in [-0.25, -0.2) is 4.79 Å². The molecule has 0 radical (unpaired) electrons. The maximum atomic E-state index is 10.8. The first-order valence-electron chi connectivity index (χ1n) is 4.41. The highest BCUT2D eigenvalue weighted by Crippen LogP contribution is 2.30. The number of aromatic carboxylic acids is 1. The van der Waals surface area contributed by atoms with Crippen LogP contribution in [0.25, 0.3) is 0 Å². The number of nitrogens with zero attached hydrogens (tertiary/aromatic N) is 1. The number of carbonyl (C=O) groups excluding carboxylic acids is 1. The Morgan fingerprint density at radius 3 is 2.47 bits per heavy atom. The Morgan fingerprint density at radius 2 is 2.06 bits per heavy atom. The van der Waals surface area contributed by atoms with Crippen LogP contribution in [0.2, 0.25) is 0 Å². The second-order valence-corrected chi connectivity index (χ2v) is 3.21. The fraction of sp³-hybridized carbons (Fsp3) is 0.111. The van der Waals surface area contributed by atoms with Crippen LogP contribution < -0.4 is 11.1 Å². The molecule has 1 rings (SSSR count). The molecule has 0 saturated heterocycles. The van der Waals surface area contributed by atoms with Crippen LogP contribution in [0.4, 0.5) is 17.1 Å². The molecule has 4 N–H and O–H groups in total. The molecule has 0 spiro atoms. The van der Waals surface area contributed by atoms with E-state index in [1.54, 1.807) is 0 Å². The normalized spacial score (nSPS) is 9.71. The number of nitro benzene ring substituents is 1. The first kappa shape index (κ1) is 12.4. The van der Waals surface area contributed by atoms with Gasteiger partial charge in [0.1, 0.15) is 11.3 Å². The summed E-state index contributed by atoms with van der Waals surface area (Å²) in [5.41, 5.74) is 3.90. The van der Waals surface area contributed by atoms with Gasteiger partial charge < -0.3 is 16.2 Å². The summed E-state index contributed by atoms with van der Waals surface area (Å²) in [6.45, 7) is 1.22. The van der Waals surface area contributed by atoms with E-state index in [9.17, 15) is 19.7 Å². The van der Waals surface area contributed by atoms with Crippen LogP contribution in [0.5, 0.6) is 0 Å². The standard InChI is InChI=1S/C9H9N3O5/c1-4(13)11-5-2-6(9(14)15)8(12(16)17)7(10)3-5/h2-3H,10H2,1H3,(H,11,13)(H,14,15). The second-order valence-electron chi connectivity index (χ2n) is 3.21. The van der Waals surface area contributed by atoms with Gasteiger partial charge in [0.25, 0.3) is 0 Å². The Bertz CT molecular complexity index is 512. The number of nitro groups is 1. The lowest BCUT2D eigenvalue weighted by Gasteiger charge is -2.06. The summed E-state index contributed by atoms with van der Waals surface area (Å²) >= 11 is 0. The molecule has 1 aromatic carbocycles. The van der Waals surface area contributed by atoms with Crippen LogP contribution in [0, 0.1) is 10.1 Å². The number of anilines is 2. The highest BCUT2D eigenvalue weighted by atomic mass is 16.6. The maximum Gasteiger partial charge on any atom is 0.342 e. The lowest BCUT2D eigenvalue weighted by molar-refractivity contribution is -0.384. The molecule has 0 saturated carbocycles. The molecule has 0 heterocycles. The predicted octanol–water partition coefficient (Wildman–Crippen LogP) is 0.834. The third-order valence-corrected chi connectivity index (χ3v) is 1.87. The zero-order valence-electron chi connectivity index (χ0n) is 8.76. The average Bonchev–Trinajstić information content (AvgIpc) is 2.14. The van der Waals surface area contributed by atoms with Gasteiger partial charge in [-0.1, -0.05) is 0 Å². The molecule has 90 valence electrons. The number of carboxylic acids is 1. The molecule has 17 heavy (non-hydrogen) atoms. The molecule has 0 aliphatic heterocycles. The van der Waals surface area contributed by atoms with Crippen LogP contribution in [0.15, 0.2) is 12.1 Å². The van der Waals surface area contributed by atoms with E-state index in [-0.39, 0.29) is 11.4 Å². The van der Waals surface area contributed by atoms with E-state index in [0.717, 1.165) is 12.1 Å². The van der Waals surface area contributed by atoms with Gasteiger partial charge >= 0.3 is 11.7 Å². The average molecular weight is 239 g/mol. The summed E-state index contributed by atoms with van der Waals surface area (Å²) in [7, 11) is 0. The summed E-state index contributed by atoms with van der Waals surface area (Å²) in [6.07, 6.45) is 0. The quantitative estimate of drug-likeness (QED) is 0.406. The molecule has 8 nitrogen and oxygen atoms in total. The van der Waals surface area contributed by atoms with E-state index in [2.05, 4.69) is 5.32 Å². The lowest BCUT2D eigenvalue weighted by Crippen LogP contribution is -2.10. The van der Waals surface area contributed by atoms with E-state index in [0.29, 0.717) is 0 Å². The minimum atomic E-state index is -1.49. The Morgan fingerprint density at radius 1 is 1.47 bits per heavy atom. The largest absolute Gasteiger partial charge is 0.477 e. The molecular weight excluding hydrogens is 230 g/mol. The van der Waals surface area contributed by atoms with Crippen molar-refractivity contribution in [2.45, 2.75) is 6.92 Å². The number of nitrogens with one attached hydrogen (secondary N) is 1. The number of nitrogens with two attached hydrogens (primary N) is 1. The number of carboxylic acid groups (broad SMARTS) is 1. The summed E-state index contributed by atoms with van der Waals surface area (Å²) in [5.74, 6) is -1.93. The highest BCUT2D eigenvalue weighted by Gasteiger charge is 2.24. The van der Waals surface area contributed by atoms with Gasteiger partial charge in [-0.15, -0.1) is 0 Å². The second kappa shape index (κ2) is 4.47. The zero-order chi connectivity index (χ0) is 13.2. The fourth-order valence-electron chi connectivity index (χ4n) is 1.30. The third kappa shape index (κ3) is 2.68. The molecule has 1 aromatic rings. The van der Waals surface area contributed by atoms with Crippen LogP contribution in [-0.4, -0.2) is 21.9 Å². The first-order valence-corrected chi connectivity index (χ1v) is 4.41. The zero-order valence-corrected chi connectivity index (χ0v) is 8.76. The van der Waals surface area contributed by atoms with Gasteiger partial charge in [0.2, 0.25) is 5.91 Å². The predicted molar refractivity (Wildman–Crippen MR) is 58.8 cm³/mol. The van der Waals surface area contributed by atoms with Crippen LogP contribution in [0.1, 0.15) is 17.3 Å². The van der Waals surface area contributed by atoms with Crippen LogP contribution in [-0.2, 0) is 4.79 Å². The fourth-order valence-corrected chi connectivity index (χ4v) is 1.30. The lowest BCUT2D eigenvalue weighted by atomic mass is 10.1. The molecule has 1 amide bonds. The minimum Gasteiger partial charge on any atom is -0.477 e. The van der Waals surface area contributed by atoms with E-state index >= 15 is 0 Å². The summed E-state index contributed by atoms with van der Waals surface area (Å²) in [4.78, 5) is 31.4. The van der Waals surface area contributed by atoms with Crippen molar-refractivity contribution in [3.63, 3.8) is 0 Å². The van der Waals surface area contributed by atoms with Gasteiger partial charge in [-0.05, 0) is 12.1 Å². The summed E-state index contributed by atoms with van der Waals surface area (Å²) in [6, 6.07) is 2.12. The van der Waals surface area contributed by atoms with Gasteiger partial charge in [0, 0.05) is 12.6 Å². The number of benzene rings is 1. The van der Waals surface area contributed by atoms with Crippen molar-refractivity contribution in [3.8, 4) is 0 Å². The molecule has 8 heteroatoms. The van der Waals surface area contributed by atoms with Crippen LogP contribution >= 0.6 is 0 Å². The number of hydrogen-bond acceptors (Lipinski definition) is 5. The van der Waals surface area contributed by atoms with E-state index in [1.807, 2.05) is 0 Å². The third-order valence-electron chi connectivity index (χ3n) is 1.87. The SMILES string of the molecule is CC(=O)Nc1cc(N)c([N+](=O)[O-])c(C(=O)O)c1. The van der Waals surface area contributed by atoms with Crippen molar-refractivity contribution in [2.24, 2.45) is 0 Å². The Balaban J connectivity index is 3.41. The monoisotopic (exact) mass is 239 g/mol. The van der Waals surface area contributed by atoms with Gasteiger partial charge in [-0.3, -0.25) is 14.9 Å². The molecule has 0 atom stereocenters. The van der Waals surface area contributed by atoms with Crippen molar-refractivity contribution in [1.82, 2.24) is 0 Å². The Hall–Kier alpha value is -2.64. The smallest absolute Gasteiger partial charge is 0.342 e. The van der Waals surface area contributed by atoms with Crippen molar-refractivity contribution in [1.29, 1.82) is 0 Å². The van der Waals surface area contributed by atoms with E-state index < -0.39 is 28.1 Å². The molecule has 0 aliphatic rings. The van der Waals surface area contributed by atoms with Crippen molar-refractivity contribution >= 4 is 28.9 Å². The van der Waals surface area contributed by atoms with Gasteiger partial charge in [-0.2, -0.15) is 0 Å². The maximum absolute atomic E-state index is 10.8. The number of rotatable bonds is 3. The van der Waals surface area contributed by atoms with Crippen molar-refractivity contribution < 1.29 is 19.6 Å². The molecular formula is C9H9N3O5. The van der Waals surface area contributed by atoms with Gasteiger partial charge in [0.15, 0.2) is 0 Å². The molecule has 0 aromatic heterocycles.